The molecule has 1 unspecified atom stereocenters. The lowest BCUT2D eigenvalue weighted by Gasteiger charge is -2.34. The minimum Gasteiger partial charge on any atom is -0.391 e. The Kier molecular flexibility index (Phi) is 4.62. The van der Waals surface area contributed by atoms with E-state index in [-0.39, 0.29) is 17.5 Å². The van der Waals surface area contributed by atoms with Crippen molar-refractivity contribution < 1.29 is 13.5 Å². The van der Waals surface area contributed by atoms with E-state index in [4.69, 9.17) is 5.11 Å². The molecule has 19 heavy (non-hydrogen) atoms. The van der Waals surface area contributed by atoms with E-state index >= 15 is 0 Å². The number of rotatable bonds is 4. The van der Waals surface area contributed by atoms with Crippen LogP contribution < -0.4 is 0 Å². The molecule has 0 amide bonds. The molecule has 1 aromatic rings. The summed E-state index contributed by atoms with van der Waals surface area (Å²) in [5.41, 5.74) is 0. The Hall–Kier alpha value is -0.470. The minimum absolute atomic E-state index is 0.0289. The molecule has 5 nitrogen and oxygen atoms in total. The summed E-state index contributed by atoms with van der Waals surface area (Å²) in [5, 5.41) is 10.6. The van der Waals surface area contributed by atoms with Crippen molar-refractivity contribution in [3.8, 4) is 0 Å². The fourth-order valence-corrected chi connectivity index (χ4v) is 4.88. The highest BCUT2D eigenvalue weighted by molar-refractivity contribution is 7.89. The van der Waals surface area contributed by atoms with E-state index in [1.165, 1.54) is 15.6 Å². The van der Waals surface area contributed by atoms with Gasteiger partial charge in [-0.15, -0.1) is 11.3 Å². The van der Waals surface area contributed by atoms with Crippen LogP contribution in [0.2, 0.25) is 0 Å². The molecule has 0 radical (unpaired) electrons. The van der Waals surface area contributed by atoms with Crippen LogP contribution in [-0.4, -0.2) is 56.0 Å². The van der Waals surface area contributed by atoms with Gasteiger partial charge in [0.05, 0.1) is 11.5 Å². The maximum absolute atomic E-state index is 12.5. The zero-order valence-electron chi connectivity index (χ0n) is 11.2. The third kappa shape index (κ3) is 3.17. The first kappa shape index (κ1) is 14.9. The van der Waals surface area contributed by atoms with Crippen LogP contribution in [0.25, 0.3) is 0 Å². The van der Waals surface area contributed by atoms with Crippen LogP contribution in [0.15, 0.2) is 16.3 Å². The number of nitrogens with zero attached hydrogens (tertiary/aromatic N) is 2. The zero-order chi connectivity index (χ0) is 14.0. The molecule has 0 spiro atoms. The summed E-state index contributed by atoms with van der Waals surface area (Å²) >= 11 is 1.27. The molecule has 2 rings (SSSR count). The Bertz CT molecular complexity index is 527. The van der Waals surface area contributed by atoms with Crippen LogP contribution in [-0.2, 0) is 16.6 Å². The van der Waals surface area contributed by atoms with Gasteiger partial charge in [-0.25, -0.2) is 8.42 Å². The number of hydrogen-bond donors (Lipinski definition) is 1. The molecule has 1 aliphatic heterocycles. The Morgan fingerprint density at radius 1 is 1.58 bits per heavy atom. The molecule has 1 fully saturated rings. The molecule has 0 aromatic carbocycles. The van der Waals surface area contributed by atoms with Crippen LogP contribution in [0.4, 0.5) is 0 Å². The fraction of sp³-hybridized carbons (Fsp3) is 0.667. The van der Waals surface area contributed by atoms with Crippen molar-refractivity contribution in [2.24, 2.45) is 0 Å². The fourth-order valence-electron chi connectivity index (χ4n) is 2.38. The van der Waals surface area contributed by atoms with E-state index in [0.717, 1.165) is 25.9 Å². The first-order chi connectivity index (χ1) is 8.95. The van der Waals surface area contributed by atoms with E-state index in [1.54, 1.807) is 18.5 Å². The van der Waals surface area contributed by atoms with Gasteiger partial charge in [0, 0.05) is 29.9 Å². The summed E-state index contributed by atoms with van der Waals surface area (Å²) < 4.78 is 26.5. The summed E-state index contributed by atoms with van der Waals surface area (Å²) in [6, 6.07) is 1.59. The Labute approximate surface area is 118 Å². The number of thiophene rings is 1. The molecule has 108 valence electrons. The number of likely N-dealkylation sites (tertiary alicyclic amines) is 1. The quantitative estimate of drug-likeness (QED) is 0.900. The summed E-state index contributed by atoms with van der Waals surface area (Å²) in [4.78, 5) is 3.12. The van der Waals surface area contributed by atoms with Crippen molar-refractivity contribution in [3.63, 3.8) is 0 Å². The second-order valence-electron chi connectivity index (χ2n) is 4.99. The molecular formula is C12H20N2O3S2. The third-order valence-electron chi connectivity index (χ3n) is 3.58. The lowest BCUT2D eigenvalue weighted by Crippen LogP contribution is -2.47. The van der Waals surface area contributed by atoms with Gasteiger partial charge in [-0.3, -0.25) is 0 Å². The van der Waals surface area contributed by atoms with Crippen LogP contribution in [0.3, 0.4) is 0 Å². The third-order valence-corrected chi connectivity index (χ3v) is 6.53. The van der Waals surface area contributed by atoms with Gasteiger partial charge in [0.15, 0.2) is 0 Å². The maximum Gasteiger partial charge on any atom is 0.243 e. The van der Waals surface area contributed by atoms with Gasteiger partial charge in [-0.2, -0.15) is 4.31 Å². The number of aliphatic hydroxyl groups is 1. The van der Waals surface area contributed by atoms with Crippen molar-refractivity contribution in [2.75, 3.05) is 27.2 Å². The lowest BCUT2D eigenvalue weighted by atomic mass is 10.1. The highest BCUT2D eigenvalue weighted by Crippen LogP contribution is 2.25. The second-order valence-corrected chi connectivity index (χ2v) is 7.98. The predicted octanol–water partition coefficient (Wildman–Crippen LogP) is 0.955. The molecule has 1 N–H and O–H groups in total. The number of sulfonamides is 1. The largest absolute Gasteiger partial charge is 0.391 e. The molecule has 0 aliphatic carbocycles. The average Bonchev–Trinajstić information content (AvgIpc) is 2.87. The molecule has 2 heterocycles. The van der Waals surface area contributed by atoms with Crippen molar-refractivity contribution in [2.45, 2.75) is 30.4 Å². The average molecular weight is 304 g/mol. The van der Waals surface area contributed by atoms with E-state index in [1.807, 2.05) is 7.05 Å². The summed E-state index contributed by atoms with van der Waals surface area (Å²) in [6.07, 6.45) is 1.92. The zero-order valence-corrected chi connectivity index (χ0v) is 12.9. The van der Waals surface area contributed by atoms with E-state index in [0.29, 0.717) is 4.88 Å². The van der Waals surface area contributed by atoms with Gasteiger partial charge in [0.1, 0.15) is 0 Å². The molecular weight excluding hydrogens is 284 g/mol. The van der Waals surface area contributed by atoms with Crippen molar-refractivity contribution in [1.82, 2.24) is 9.21 Å². The highest BCUT2D eigenvalue weighted by Gasteiger charge is 2.31. The number of aliphatic hydroxyl groups excluding tert-OH is 1. The van der Waals surface area contributed by atoms with Crippen LogP contribution >= 0.6 is 11.3 Å². The monoisotopic (exact) mass is 304 g/mol. The molecule has 1 aromatic heterocycles. The first-order valence-electron chi connectivity index (χ1n) is 6.30. The molecule has 1 atom stereocenters. The molecule has 1 saturated heterocycles. The number of hydrogen-bond acceptors (Lipinski definition) is 5. The van der Waals surface area contributed by atoms with Crippen molar-refractivity contribution in [3.05, 3.63) is 16.3 Å². The van der Waals surface area contributed by atoms with E-state index in [2.05, 4.69) is 4.90 Å². The Balaban J connectivity index is 2.18. The molecule has 0 saturated carbocycles. The normalized spacial score (nSPS) is 22.0. The number of piperidine rings is 1. The maximum atomic E-state index is 12.5. The lowest BCUT2D eigenvalue weighted by molar-refractivity contribution is 0.187. The highest BCUT2D eigenvalue weighted by atomic mass is 32.2. The van der Waals surface area contributed by atoms with Gasteiger partial charge in [-0.05, 0) is 32.5 Å². The minimum atomic E-state index is -3.45. The standard InChI is InChI=1S/C12H20N2O3S2/c1-13-5-3-4-10(7-13)14(2)19(16,17)12-6-11(8-15)18-9-12/h6,9-10,15H,3-5,7-8H2,1-2H3. The summed E-state index contributed by atoms with van der Waals surface area (Å²) in [5.74, 6) is 0. The van der Waals surface area contributed by atoms with E-state index in [9.17, 15) is 8.42 Å². The first-order valence-corrected chi connectivity index (χ1v) is 8.62. The molecule has 7 heteroatoms. The van der Waals surface area contributed by atoms with Crippen LogP contribution in [0.5, 0.6) is 0 Å². The summed E-state index contributed by atoms with van der Waals surface area (Å²) in [6.45, 7) is 1.68. The van der Waals surface area contributed by atoms with Gasteiger partial charge < -0.3 is 10.0 Å². The van der Waals surface area contributed by atoms with Crippen LogP contribution in [0.1, 0.15) is 17.7 Å². The SMILES string of the molecule is CN1CCCC(N(C)S(=O)(=O)c2csc(CO)c2)C1. The smallest absolute Gasteiger partial charge is 0.243 e. The topological polar surface area (TPSA) is 60.9 Å². The number of likely N-dealkylation sites (N-methyl/N-ethyl adjacent to an activating group) is 2. The van der Waals surface area contributed by atoms with Gasteiger partial charge in [0.25, 0.3) is 0 Å². The molecule has 0 bridgehead atoms. The van der Waals surface area contributed by atoms with Gasteiger partial charge >= 0.3 is 0 Å². The van der Waals surface area contributed by atoms with Crippen molar-refractivity contribution >= 4 is 21.4 Å². The predicted molar refractivity (Wildman–Crippen MR) is 75.7 cm³/mol. The van der Waals surface area contributed by atoms with Crippen LogP contribution in [0, 0.1) is 0 Å². The second kappa shape index (κ2) is 5.88. The van der Waals surface area contributed by atoms with Gasteiger partial charge in [-0.1, -0.05) is 0 Å². The van der Waals surface area contributed by atoms with E-state index < -0.39 is 10.0 Å². The van der Waals surface area contributed by atoms with Crippen molar-refractivity contribution in [1.29, 1.82) is 0 Å². The van der Waals surface area contributed by atoms with Gasteiger partial charge in [0.2, 0.25) is 10.0 Å². The Morgan fingerprint density at radius 2 is 2.32 bits per heavy atom. The molecule has 1 aliphatic rings. The summed E-state index contributed by atoms with van der Waals surface area (Å²) in [7, 11) is 0.218. The Morgan fingerprint density at radius 3 is 2.89 bits per heavy atom.